The average Bonchev–Trinajstić information content (AvgIpc) is 3.15. The average molecular weight is 596 g/mol. The summed E-state index contributed by atoms with van der Waals surface area (Å²) in [4.78, 5) is 51.9. The fourth-order valence-corrected chi connectivity index (χ4v) is 8.79. The van der Waals surface area contributed by atoms with Crippen LogP contribution in [-0.4, -0.2) is 40.5 Å². The molecule has 5 rings (SSSR count). The normalized spacial score (nSPS) is 36.6. The van der Waals surface area contributed by atoms with Gasteiger partial charge in [0.15, 0.2) is 18.0 Å². The van der Waals surface area contributed by atoms with E-state index < -0.39 is 29.6 Å². The van der Waals surface area contributed by atoms with Gasteiger partial charge in [0.25, 0.3) is 0 Å². The predicted octanol–water partition coefficient (Wildman–Crippen LogP) is 5.95. The van der Waals surface area contributed by atoms with E-state index in [0.29, 0.717) is 24.8 Å². The first-order valence-electron chi connectivity index (χ1n) is 13.7. The number of rotatable bonds is 6. The molecule has 206 valence electrons. The molecule has 0 heterocycles. The Morgan fingerprint density at radius 1 is 1.13 bits per heavy atom. The van der Waals surface area contributed by atoms with Gasteiger partial charge in [-0.3, -0.25) is 14.4 Å². The van der Waals surface area contributed by atoms with Gasteiger partial charge in [-0.2, -0.15) is 0 Å². The molecule has 0 saturated heterocycles. The van der Waals surface area contributed by atoms with Gasteiger partial charge in [0.2, 0.25) is 5.78 Å². The Hall–Kier alpha value is -2.80. The van der Waals surface area contributed by atoms with E-state index in [4.69, 9.17) is 9.47 Å². The molecule has 0 aromatic heterocycles. The quantitative estimate of drug-likeness (QED) is 0.230. The maximum Gasteiger partial charge on any atom is 0.339 e. The van der Waals surface area contributed by atoms with Crippen molar-refractivity contribution in [1.29, 1.82) is 0 Å². The van der Waals surface area contributed by atoms with Crippen molar-refractivity contribution in [2.75, 3.05) is 6.61 Å². The third kappa shape index (κ3) is 4.19. The Morgan fingerprint density at radius 2 is 1.85 bits per heavy atom. The van der Waals surface area contributed by atoms with Gasteiger partial charge in [-0.1, -0.05) is 78.2 Å². The van der Waals surface area contributed by atoms with Crippen LogP contribution in [0.5, 0.6) is 0 Å². The number of fused-ring (bicyclic) bond motifs is 5. The Morgan fingerprint density at radius 3 is 2.54 bits per heavy atom. The van der Waals surface area contributed by atoms with E-state index in [0.717, 1.165) is 5.57 Å². The van der Waals surface area contributed by atoms with Crippen LogP contribution in [0.25, 0.3) is 0 Å². The van der Waals surface area contributed by atoms with E-state index in [1.807, 2.05) is 19.1 Å². The third-order valence-corrected chi connectivity index (χ3v) is 10.7. The highest BCUT2D eigenvalue weighted by Crippen LogP contribution is 2.68. The van der Waals surface area contributed by atoms with Crippen LogP contribution < -0.4 is 0 Å². The molecule has 0 spiro atoms. The molecule has 7 atom stereocenters. The summed E-state index contributed by atoms with van der Waals surface area (Å²) < 4.78 is 11.7. The lowest BCUT2D eigenvalue weighted by Gasteiger charge is -2.55. The number of esters is 2. The molecule has 4 aliphatic rings. The highest BCUT2D eigenvalue weighted by molar-refractivity contribution is 9.09. The SMILES string of the molecule is CCC(=O)OCC(=O)[C@]1(OC(=O)c2ccccc2)[C@H](C)C[C@H]2[C@H]3C(=CC[C@@]21C)[C@@]1(C)C=CC(=O)C=C1C[C@H]3Br. The molecule has 0 aliphatic heterocycles. The topological polar surface area (TPSA) is 86.7 Å². The lowest BCUT2D eigenvalue weighted by Crippen LogP contribution is -2.60. The van der Waals surface area contributed by atoms with E-state index in [1.54, 1.807) is 43.3 Å². The minimum absolute atomic E-state index is 0.00965. The monoisotopic (exact) mass is 594 g/mol. The van der Waals surface area contributed by atoms with Crippen molar-refractivity contribution in [3.8, 4) is 0 Å². The van der Waals surface area contributed by atoms with Crippen LogP contribution in [-0.2, 0) is 23.9 Å². The Labute approximate surface area is 238 Å². The fourth-order valence-electron chi connectivity index (χ4n) is 7.79. The zero-order valence-electron chi connectivity index (χ0n) is 22.9. The maximum atomic E-state index is 14.1. The molecular formula is C32H35BrO6. The third-order valence-electron chi connectivity index (χ3n) is 9.81. The summed E-state index contributed by atoms with van der Waals surface area (Å²) in [5.74, 6) is -1.59. The molecule has 39 heavy (non-hydrogen) atoms. The molecule has 4 aliphatic carbocycles. The number of benzene rings is 1. The second kappa shape index (κ2) is 9.99. The first-order chi connectivity index (χ1) is 18.5. The largest absolute Gasteiger partial charge is 0.457 e. The molecule has 2 saturated carbocycles. The molecule has 0 N–H and O–H groups in total. The summed E-state index contributed by atoms with van der Waals surface area (Å²) >= 11 is 3.96. The first kappa shape index (κ1) is 27.8. The number of hydrogen-bond acceptors (Lipinski definition) is 6. The van der Waals surface area contributed by atoms with Gasteiger partial charge in [-0.25, -0.2) is 4.79 Å². The van der Waals surface area contributed by atoms with Gasteiger partial charge in [0.05, 0.1) is 5.56 Å². The van der Waals surface area contributed by atoms with Crippen molar-refractivity contribution in [2.24, 2.45) is 28.6 Å². The lowest BCUT2D eigenvalue weighted by atomic mass is 9.51. The molecule has 0 unspecified atom stereocenters. The predicted molar refractivity (Wildman–Crippen MR) is 150 cm³/mol. The van der Waals surface area contributed by atoms with Crippen LogP contribution in [0.4, 0.5) is 0 Å². The van der Waals surface area contributed by atoms with Crippen molar-refractivity contribution in [3.05, 3.63) is 71.3 Å². The smallest absolute Gasteiger partial charge is 0.339 e. The highest BCUT2D eigenvalue weighted by Gasteiger charge is 2.71. The van der Waals surface area contributed by atoms with Crippen molar-refractivity contribution in [2.45, 2.75) is 63.8 Å². The molecule has 6 nitrogen and oxygen atoms in total. The van der Waals surface area contributed by atoms with Gasteiger partial charge >= 0.3 is 11.9 Å². The Balaban J connectivity index is 1.60. The molecule has 0 bridgehead atoms. The molecule has 7 heteroatoms. The number of alkyl halides is 1. The number of allylic oxidation sites excluding steroid dienone is 6. The molecule has 1 aromatic carbocycles. The van der Waals surface area contributed by atoms with Crippen LogP contribution in [0.2, 0.25) is 0 Å². The van der Waals surface area contributed by atoms with E-state index in [1.165, 1.54) is 5.57 Å². The summed E-state index contributed by atoms with van der Waals surface area (Å²) in [6, 6.07) is 8.70. The number of carbonyl (C=O) groups excluding carboxylic acids is 4. The van der Waals surface area contributed by atoms with Crippen molar-refractivity contribution in [1.82, 2.24) is 0 Å². The lowest BCUT2D eigenvalue weighted by molar-refractivity contribution is -0.168. The van der Waals surface area contributed by atoms with Crippen molar-refractivity contribution < 1.29 is 28.7 Å². The van der Waals surface area contributed by atoms with Gasteiger partial charge in [0.1, 0.15) is 0 Å². The molecular weight excluding hydrogens is 560 g/mol. The number of ether oxygens (including phenoxy) is 2. The molecule has 1 aromatic rings. The number of Topliss-reactive ketones (excluding diaryl/α,β-unsaturated/α-hetero) is 1. The van der Waals surface area contributed by atoms with Gasteiger partial charge < -0.3 is 9.47 Å². The molecule has 2 fully saturated rings. The number of carbonyl (C=O) groups is 4. The Bertz CT molecular complexity index is 1310. The van der Waals surface area contributed by atoms with Crippen LogP contribution in [0.3, 0.4) is 0 Å². The van der Waals surface area contributed by atoms with Crippen LogP contribution in [0.1, 0.15) is 63.7 Å². The molecule has 0 amide bonds. The molecule has 0 radical (unpaired) electrons. The highest BCUT2D eigenvalue weighted by atomic mass is 79.9. The summed E-state index contributed by atoms with van der Waals surface area (Å²) in [6.45, 7) is 7.43. The van der Waals surface area contributed by atoms with Gasteiger partial charge in [-0.05, 0) is 62.3 Å². The minimum atomic E-state index is -1.47. The van der Waals surface area contributed by atoms with Gasteiger partial charge in [0, 0.05) is 28.0 Å². The second-order valence-corrected chi connectivity index (χ2v) is 13.0. The summed E-state index contributed by atoms with van der Waals surface area (Å²) in [5.41, 5.74) is 0.159. The second-order valence-electron chi connectivity index (χ2n) is 11.8. The van der Waals surface area contributed by atoms with Gasteiger partial charge in [-0.15, -0.1) is 0 Å². The van der Waals surface area contributed by atoms with E-state index in [9.17, 15) is 19.2 Å². The minimum Gasteiger partial charge on any atom is -0.457 e. The zero-order chi connectivity index (χ0) is 28.2. The maximum absolute atomic E-state index is 14.1. The summed E-state index contributed by atoms with van der Waals surface area (Å²) in [5, 5.41) is 0. The van der Waals surface area contributed by atoms with Crippen molar-refractivity contribution >= 4 is 39.4 Å². The standard InChI is InChI=1S/C32H35BrO6/c1-5-27(36)38-18-26(35)32(39-29(37)20-9-7-6-8-10-20)19(2)15-24-28-23(12-14-31(24,32)4)30(3)13-11-22(34)16-21(30)17-25(28)33/h6-13,16,19,24-25,28H,5,14-15,17-18H2,1-4H3/t19-,24+,25-,28-,30+,31+,32-/m1/s1. The zero-order valence-corrected chi connectivity index (χ0v) is 24.5. The van der Waals surface area contributed by atoms with Crippen molar-refractivity contribution in [3.63, 3.8) is 0 Å². The van der Waals surface area contributed by atoms with Crippen LogP contribution in [0, 0.1) is 28.6 Å². The Kier molecular flexibility index (Phi) is 7.11. The van der Waals surface area contributed by atoms with E-state index >= 15 is 0 Å². The summed E-state index contributed by atoms with van der Waals surface area (Å²) in [6.07, 6.45) is 9.70. The van der Waals surface area contributed by atoms with E-state index in [2.05, 4.69) is 35.9 Å². The first-order valence-corrected chi connectivity index (χ1v) is 14.7. The number of halogens is 1. The van der Waals surface area contributed by atoms with Crippen LogP contribution >= 0.6 is 15.9 Å². The number of hydrogen-bond donors (Lipinski definition) is 0. The van der Waals surface area contributed by atoms with E-state index in [-0.39, 0.29) is 46.0 Å². The van der Waals surface area contributed by atoms with Crippen LogP contribution in [0.15, 0.2) is 65.8 Å². The summed E-state index contributed by atoms with van der Waals surface area (Å²) in [7, 11) is 0. The fraction of sp³-hybridized carbons (Fsp3) is 0.500. The number of ketones is 2.